The lowest BCUT2D eigenvalue weighted by Gasteiger charge is -1.97. The van der Waals surface area contributed by atoms with Gasteiger partial charge >= 0.3 is 0 Å². The highest BCUT2D eigenvalue weighted by Crippen LogP contribution is 2.07. The third-order valence-electron chi connectivity index (χ3n) is 1.96. The molecule has 0 atom stereocenters. The minimum Gasteiger partial charge on any atom is -0.323 e. The SMILES string of the molecule is CCCCCCCCCC.CNC. The Bertz CT molecular complexity index is 54.1. The third-order valence-corrected chi connectivity index (χ3v) is 1.96. The lowest BCUT2D eigenvalue weighted by Crippen LogP contribution is -1.89. The topological polar surface area (TPSA) is 12.0 Å². The molecule has 0 radical (unpaired) electrons. The summed E-state index contributed by atoms with van der Waals surface area (Å²) in [7, 11) is 3.75. The summed E-state index contributed by atoms with van der Waals surface area (Å²) in [4.78, 5) is 0. The molecule has 1 N–H and O–H groups in total. The highest BCUT2D eigenvalue weighted by atomic mass is 14.7. The van der Waals surface area contributed by atoms with Crippen LogP contribution in [0, 0.1) is 0 Å². The van der Waals surface area contributed by atoms with Crippen molar-refractivity contribution in [2.24, 2.45) is 0 Å². The zero-order valence-corrected chi connectivity index (χ0v) is 10.2. The molecule has 0 saturated carbocycles. The van der Waals surface area contributed by atoms with Gasteiger partial charge in [0, 0.05) is 0 Å². The molecular weight excluding hydrogens is 158 g/mol. The number of nitrogens with one attached hydrogen (secondary N) is 1. The van der Waals surface area contributed by atoms with Crippen LogP contribution in [0.15, 0.2) is 0 Å². The molecule has 0 aliphatic carbocycles. The summed E-state index contributed by atoms with van der Waals surface area (Å²) in [5.74, 6) is 0. The van der Waals surface area contributed by atoms with Gasteiger partial charge in [-0.25, -0.2) is 0 Å². The van der Waals surface area contributed by atoms with Gasteiger partial charge in [0.25, 0.3) is 0 Å². The van der Waals surface area contributed by atoms with E-state index in [1.54, 1.807) is 0 Å². The minimum atomic E-state index is 1.37. The van der Waals surface area contributed by atoms with E-state index in [1.807, 2.05) is 14.1 Å². The van der Waals surface area contributed by atoms with Crippen LogP contribution in [-0.4, -0.2) is 14.1 Å². The van der Waals surface area contributed by atoms with Crippen LogP contribution >= 0.6 is 0 Å². The molecule has 0 aliphatic heterocycles. The first-order valence-electron chi connectivity index (χ1n) is 5.91. The van der Waals surface area contributed by atoms with Crippen molar-refractivity contribution < 1.29 is 0 Å². The van der Waals surface area contributed by atoms with Gasteiger partial charge in [0.15, 0.2) is 0 Å². The molecule has 0 aromatic heterocycles. The maximum absolute atomic E-state index is 2.75. The van der Waals surface area contributed by atoms with Gasteiger partial charge in [0.1, 0.15) is 0 Å². The molecular formula is C12H29N. The van der Waals surface area contributed by atoms with Crippen LogP contribution in [0.5, 0.6) is 0 Å². The summed E-state index contributed by atoms with van der Waals surface area (Å²) in [6.07, 6.45) is 11.5. The second kappa shape index (κ2) is 17.9. The third kappa shape index (κ3) is 24.5. The van der Waals surface area contributed by atoms with Gasteiger partial charge in [0.05, 0.1) is 0 Å². The minimum absolute atomic E-state index is 1.37. The fraction of sp³-hybridized carbons (Fsp3) is 1.00. The normalized spacial score (nSPS) is 9.23. The Balaban J connectivity index is 0. The second-order valence-corrected chi connectivity index (χ2v) is 3.62. The number of rotatable bonds is 7. The summed E-state index contributed by atoms with van der Waals surface area (Å²) in [5, 5.41) is 2.75. The molecule has 0 aromatic carbocycles. The van der Waals surface area contributed by atoms with Crippen molar-refractivity contribution in [3.05, 3.63) is 0 Å². The maximum atomic E-state index is 2.75. The molecule has 82 valence electrons. The first-order valence-corrected chi connectivity index (χ1v) is 5.91. The van der Waals surface area contributed by atoms with Crippen molar-refractivity contribution in [3.8, 4) is 0 Å². The Hall–Kier alpha value is -0.0400. The molecule has 0 saturated heterocycles. The summed E-state index contributed by atoms with van der Waals surface area (Å²) in [6.45, 7) is 4.54. The van der Waals surface area contributed by atoms with Crippen molar-refractivity contribution in [3.63, 3.8) is 0 Å². The largest absolute Gasteiger partial charge is 0.323 e. The molecule has 0 rings (SSSR count). The zero-order chi connectivity index (χ0) is 10.4. The van der Waals surface area contributed by atoms with E-state index >= 15 is 0 Å². The van der Waals surface area contributed by atoms with Crippen molar-refractivity contribution in [2.45, 2.75) is 65.2 Å². The summed E-state index contributed by atoms with van der Waals surface area (Å²) in [5.41, 5.74) is 0. The average molecular weight is 187 g/mol. The van der Waals surface area contributed by atoms with Crippen LogP contribution in [0.25, 0.3) is 0 Å². The van der Waals surface area contributed by atoms with E-state index < -0.39 is 0 Å². The van der Waals surface area contributed by atoms with Gasteiger partial charge in [0.2, 0.25) is 0 Å². The van der Waals surface area contributed by atoms with E-state index in [-0.39, 0.29) is 0 Å². The van der Waals surface area contributed by atoms with Crippen LogP contribution < -0.4 is 5.32 Å². The van der Waals surface area contributed by atoms with Crippen molar-refractivity contribution in [1.82, 2.24) is 5.32 Å². The van der Waals surface area contributed by atoms with E-state index in [1.165, 1.54) is 51.4 Å². The predicted molar refractivity (Wildman–Crippen MR) is 63.3 cm³/mol. The van der Waals surface area contributed by atoms with Crippen LogP contribution in [0.4, 0.5) is 0 Å². The molecule has 1 nitrogen and oxygen atoms in total. The van der Waals surface area contributed by atoms with Gasteiger partial charge in [-0.1, -0.05) is 65.2 Å². The van der Waals surface area contributed by atoms with Crippen LogP contribution in [0.1, 0.15) is 65.2 Å². The fourth-order valence-electron chi connectivity index (χ4n) is 1.21. The van der Waals surface area contributed by atoms with E-state index in [4.69, 9.17) is 0 Å². The van der Waals surface area contributed by atoms with Gasteiger partial charge < -0.3 is 5.32 Å². The van der Waals surface area contributed by atoms with E-state index in [9.17, 15) is 0 Å². The summed E-state index contributed by atoms with van der Waals surface area (Å²) >= 11 is 0. The molecule has 1 heteroatoms. The smallest absolute Gasteiger partial charge is 0.0167 e. The van der Waals surface area contributed by atoms with Crippen LogP contribution in [0.3, 0.4) is 0 Å². The maximum Gasteiger partial charge on any atom is -0.0167 e. The molecule has 0 amide bonds. The number of hydrogen-bond acceptors (Lipinski definition) is 1. The van der Waals surface area contributed by atoms with Crippen molar-refractivity contribution in [2.75, 3.05) is 14.1 Å². The quantitative estimate of drug-likeness (QED) is 0.594. The number of hydrogen-bond donors (Lipinski definition) is 1. The molecule has 0 fully saturated rings. The monoisotopic (exact) mass is 187 g/mol. The average Bonchev–Trinajstić information content (AvgIpc) is 2.13. The first-order chi connectivity index (χ1) is 6.33. The highest BCUT2D eigenvalue weighted by Gasteiger charge is 1.87. The molecule has 13 heavy (non-hydrogen) atoms. The number of unbranched alkanes of at least 4 members (excludes halogenated alkanes) is 7. The molecule has 0 aliphatic rings. The van der Waals surface area contributed by atoms with Crippen LogP contribution in [-0.2, 0) is 0 Å². The molecule has 0 heterocycles. The van der Waals surface area contributed by atoms with E-state index in [0.717, 1.165) is 0 Å². The molecule has 0 aromatic rings. The fourth-order valence-corrected chi connectivity index (χ4v) is 1.21. The van der Waals surface area contributed by atoms with Crippen molar-refractivity contribution >= 4 is 0 Å². The Labute approximate surface area is 85.3 Å². The van der Waals surface area contributed by atoms with Crippen LogP contribution in [0.2, 0.25) is 0 Å². The predicted octanol–water partition coefficient (Wildman–Crippen LogP) is 3.98. The molecule has 0 bridgehead atoms. The summed E-state index contributed by atoms with van der Waals surface area (Å²) in [6, 6.07) is 0. The van der Waals surface area contributed by atoms with Crippen molar-refractivity contribution in [1.29, 1.82) is 0 Å². The zero-order valence-electron chi connectivity index (χ0n) is 10.2. The lowest BCUT2D eigenvalue weighted by atomic mass is 10.1. The van der Waals surface area contributed by atoms with Gasteiger partial charge in [-0.2, -0.15) is 0 Å². The Kier molecular flexibility index (Phi) is 21.2. The highest BCUT2D eigenvalue weighted by molar-refractivity contribution is 4.43. The molecule has 0 unspecified atom stereocenters. The standard InChI is InChI=1S/C10H22.C2H7N/c1-3-5-7-9-10-8-6-4-2;1-3-2/h3-10H2,1-2H3;3H,1-2H3. The van der Waals surface area contributed by atoms with E-state index in [0.29, 0.717) is 0 Å². The van der Waals surface area contributed by atoms with E-state index in [2.05, 4.69) is 19.2 Å². The summed E-state index contributed by atoms with van der Waals surface area (Å²) < 4.78 is 0. The first kappa shape index (κ1) is 15.4. The Morgan fingerprint density at radius 3 is 1.08 bits per heavy atom. The Morgan fingerprint density at radius 2 is 0.846 bits per heavy atom. The van der Waals surface area contributed by atoms with Gasteiger partial charge in [-0.3, -0.25) is 0 Å². The van der Waals surface area contributed by atoms with Gasteiger partial charge in [-0.05, 0) is 14.1 Å². The van der Waals surface area contributed by atoms with Gasteiger partial charge in [-0.15, -0.1) is 0 Å². The second-order valence-electron chi connectivity index (χ2n) is 3.62. The Morgan fingerprint density at radius 1 is 0.615 bits per heavy atom. The lowest BCUT2D eigenvalue weighted by molar-refractivity contribution is 0.585. The molecule has 0 spiro atoms.